The van der Waals surface area contributed by atoms with Crippen molar-refractivity contribution in [3.8, 4) is 11.1 Å². The van der Waals surface area contributed by atoms with E-state index in [-0.39, 0.29) is 36.9 Å². The highest BCUT2D eigenvalue weighted by Crippen LogP contribution is 2.37. The molecule has 1 N–H and O–H groups in total. The lowest BCUT2D eigenvalue weighted by Crippen LogP contribution is -2.36. The minimum absolute atomic E-state index is 0.0175. The number of nitrogens with one attached hydrogen (secondary N) is 1. The molecule has 1 aromatic heterocycles. The molecule has 3 aromatic rings. The van der Waals surface area contributed by atoms with Crippen LogP contribution in [0.2, 0.25) is 10.0 Å². The molecule has 2 aromatic carbocycles. The Morgan fingerprint density at radius 2 is 1.88 bits per heavy atom. The molecule has 0 radical (unpaired) electrons. The van der Waals surface area contributed by atoms with E-state index < -0.39 is 17.7 Å². The first kappa shape index (κ1) is 28.4. The summed E-state index contributed by atoms with van der Waals surface area (Å²) in [6.07, 6.45) is 2.77. The second-order valence-corrected chi connectivity index (χ2v) is 11.5. The molecule has 0 saturated carbocycles. The van der Waals surface area contributed by atoms with Gasteiger partial charge in [0.15, 0.2) is 0 Å². The van der Waals surface area contributed by atoms with Gasteiger partial charge in [-0.1, -0.05) is 41.4 Å². The highest BCUT2D eigenvalue weighted by molar-refractivity contribution is 6.36. The van der Waals surface area contributed by atoms with Crippen molar-refractivity contribution in [3.05, 3.63) is 92.6 Å². The number of imidazole rings is 1. The highest BCUT2D eigenvalue weighted by atomic mass is 35.5. The Bertz CT molecular complexity index is 1590. The van der Waals surface area contributed by atoms with Crippen LogP contribution in [0.25, 0.3) is 17.2 Å². The van der Waals surface area contributed by atoms with Crippen molar-refractivity contribution in [2.75, 3.05) is 19.6 Å². The van der Waals surface area contributed by atoms with Gasteiger partial charge in [0.25, 0.3) is 5.91 Å². The summed E-state index contributed by atoms with van der Waals surface area (Å²) in [5, 5.41) is 0.854. The van der Waals surface area contributed by atoms with Gasteiger partial charge in [-0.05, 0) is 73.6 Å². The number of fused-ring (bicyclic) bond motifs is 1. The molecular weight excluding hydrogens is 588 g/mol. The Hall–Kier alpha value is -3.74. The maximum absolute atomic E-state index is 13.3. The van der Waals surface area contributed by atoms with Gasteiger partial charge in [-0.15, -0.1) is 0 Å². The Kier molecular flexibility index (Phi) is 7.54. The van der Waals surface area contributed by atoms with Gasteiger partial charge in [0, 0.05) is 58.1 Å². The zero-order valence-electron chi connectivity index (χ0n) is 22.3. The van der Waals surface area contributed by atoms with Crippen molar-refractivity contribution in [3.63, 3.8) is 0 Å². The van der Waals surface area contributed by atoms with Crippen LogP contribution in [0.4, 0.5) is 13.2 Å². The number of H-pyrrole nitrogens is 1. The molecule has 1 fully saturated rings. The summed E-state index contributed by atoms with van der Waals surface area (Å²) in [6, 6.07) is 12.5. The summed E-state index contributed by atoms with van der Waals surface area (Å²) in [5.41, 5.74) is 4.50. The third-order valence-corrected chi connectivity index (χ3v) is 8.77. The largest absolute Gasteiger partial charge is 0.412 e. The molecule has 6 nitrogen and oxygen atoms in total. The van der Waals surface area contributed by atoms with Crippen LogP contribution in [-0.4, -0.2) is 57.4 Å². The number of carbonyl (C=O) groups is 2. The molecule has 216 valence electrons. The Morgan fingerprint density at radius 1 is 1.10 bits per heavy atom. The molecule has 42 heavy (non-hydrogen) atoms. The maximum atomic E-state index is 13.3. The van der Waals surface area contributed by atoms with Crippen molar-refractivity contribution in [1.82, 2.24) is 19.8 Å². The zero-order valence-corrected chi connectivity index (χ0v) is 23.8. The van der Waals surface area contributed by atoms with Crippen LogP contribution in [0.15, 0.2) is 47.9 Å². The number of hydrogen-bond donors (Lipinski definition) is 1. The highest BCUT2D eigenvalue weighted by Gasteiger charge is 2.36. The van der Waals surface area contributed by atoms with E-state index in [1.54, 1.807) is 30.6 Å². The Balaban J connectivity index is 1.12. The molecule has 1 atom stereocenters. The van der Waals surface area contributed by atoms with Crippen LogP contribution in [0, 0.1) is 18.1 Å². The van der Waals surface area contributed by atoms with E-state index in [4.69, 9.17) is 23.2 Å². The number of aryl methyl sites for hydroxylation is 1. The second kappa shape index (κ2) is 11.2. The van der Waals surface area contributed by atoms with Crippen LogP contribution < -0.4 is 0 Å². The van der Waals surface area contributed by atoms with Crippen molar-refractivity contribution >= 4 is 41.1 Å². The third kappa shape index (κ3) is 5.53. The summed E-state index contributed by atoms with van der Waals surface area (Å²) in [7, 11) is 0. The predicted octanol–water partition coefficient (Wildman–Crippen LogP) is 6.70. The normalized spacial score (nSPS) is 18.9. The van der Waals surface area contributed by atoms with Crippen LogP contribution in [0.5, 0.6) is 0 Å². The number of alkyl halides is 3. The molecule has 3 aliphatic rings. The lowest BCUT2D eigenvalue weighted by molar-refractivity contribution is -0.129. The average Bonchev–Trinajstić information content (AvgIpc) is 3.60. The van der Waals surface area contributed by atoms with Crippen LogP contribution in [-0.2, 0) is 17.6 Å². The Labute approximate surface area is 250 Å². The van der Waals surface area contributed by atoms with Crippen LogP contribution >= 0.6 is 23.2 Å². The molecule has 0 bridgehead atoms. The monoisotopic (exact) mass is 612 g/mol. The summed E-state index contributed by atoms with van der Waals surface area (Å²) in [5.74, 6) is -0.599. The molecule has 3 heterocycles. The molecule has 11 heteroatoms. The van der Waals surface area contributed by atoms with E-state index in [1.807, 2.05) is 11.0 Å². The number of rotatable bonds is 5. The van der Waals surface area contributed by atoms with E-state index in [2.05, 4.69) is 22.1 Å². The maximum Gasteiger partial charge on any atom is 0.412 e. The number of benzene rings is 1. The summed E-state index contributed by atoms with van der Waals surface area (Å²) in [6.45, 7) is 0.506. The number of aromatic amines is 1. The quantitative estimate of drug-likeness (QED) is 0.326. The fourth-order valence-corrected chi connectivity index (χ4v) is 6.37. The van der Waals surface area contributed by atoms with E-state index in [9.17, 15) is 22.8 Å². The number of likely N-dealkylation sites (tertiary alicyclic amines) is 1. The molecule has 6 rings (SSSR count). The summed E-state index contributed by atoms with van der Waals surface area (Å²) < 4.78 is 38.7. The Morgan fingerprint density at radius 3 is 2.55 bits per heavy atom. The molecule has 2 aliphatic heterocycles. The molecule has 2 amide bonds. The molecule has 0 unspecified atom stereocenters. The number of hydrogen-bond acceptors (Lipinski definition) is 3. The van der Waals surface area contributed by atoms with Crippen LogP contribution in [0.1, 0.15) is 46.6 Å². The van der Waals surface area contributed by atoms with Gasteiger partial charge in [-0.2, -0.15) is 13.2 Å². The first-order chi connectivity index (χ1) is 20.1. The minimum Gasteiger partial charge on any atom is -0.348 e. The van der Waals surface area contributed by atoms with Crippen molar-refractivity contribution < 1.29 is 22.8 Å². The molecule has 1 saturated heterocycles. The lowest BCUT2D eigenvalue weighted by atomic mass is 9.95. The van der Waals surface area contributed by atoms with Gasteiger partial charge in [0.1, 0.15) is 0 Å². The van der Waals surface area contributed by atoms with E-state index in [0.717, 1.165) is 36.0 Å². The first-order valence-electron chi connectivity index (χ1n) is 13.6. The van der Waals surface area contributed by atoms with Crippen molar-refractivity contribution in [2.45, 2.75) is 38.3 Å². The van der Waals surface area contributed by atoms with Gasteiger partial charge in [0.2, 0.25) is 5.91 Å². The number of aromatic nitrogens is 2. The van der Waals surface area contributed by atoms with E-state index in [0.29, 0.717) is 46.1 Å². The number of halogens is 5. The average molecular weight is 613 g/mol. The number of nitrogens with zero attached hydrogens (tertiary/aromatic N) is 3. The molecular formula is C31H25Cl2F3N4O2. The van der Waals surface area contributed by atoms with Gasteiger partial charge < -0.3 is 14.8 Å². The van der Waals surface area contributed by atoms with Gasteiger partial charge >= 0.3 is 6.18 Å². The van der Waals surface area contributed by atoms with Crippen molar-refractivity contribution in [1.29, 1.82) is 0 Å². The lowest BCUT2D eigenvalue weighted by Gasteiger charge is -2.27. The fourth-order valence-electron chi connectivity index (χ4n) is 5.72. The first-order valence-corrected chi connectivity index (χ1v) is 14.4. The SMILES string of the molecule is O=C(c1c#cc(-c2cc(Cl)c(C[C@@H]3CCN(C4=Cc5nc[nH]c5CC4)C3=O)c(Cl)c2)cc1)N1CC=C(C(F)(F)F)CC1. The number of amides is 2. The standard InChI is InChI=1S/C31H25Cl2F3N4O2/c32-25-14-21(18-1-3-19(4-2-18)29(41)39-10-8-22(9-11-39)31(34,35)36)15-26(33)24(25)13-20-7-12-40(30(20)42)23-5-6-27-28(16-23)38-17-37-27/h1,3,8,14-17,20H,5-7,9-13H2,(H,37,38)/t20-/m0/s1. The van der Waals surface area contributed by atoms with Crippen molar-refractivity contribution in [2.24, 2.45) is 5.92 Å². The van der Waals surface area contributed by atoms with E-state index >= 15 is 0 Å². The second-order valence-electron chi connectivity index (χ2n) is 10.6. The molecule has 0 spiro atoms. The fraction of sp³-hybridized carbons (Fsp3) is 0.323. The van der Waals surface area contributed by atoms with Gasteiger partial charge in [-0.3, -0.25) is 9.59 Å². The number of carbonyl (C=O) groups excluding carboxylic acids is 2. The minimum atomic E-state index is -4.37. The predicted molar refractivity (Wildman–Crippen MR) is 153 cm³/mol. The topological polar surface area (TPSA) is 69.3 Å². The van der Waals surface area contributed by atoms with Crippen LogP contribution in [0.3, 0.4) is 0 Å². The summed E-state index contributed by atoms with van der Waals surface area (Å²) in [4.78, 5) is 36.8. The van der Waals surface area contributed by atoms with E-state index in [1.165, 1.54) is 4.90 Å². The smallest absolute Gasteiger partial charge is 0.348 e. The summed E-state index contributed by atoms with van der Waals surface area (Å²) >= 11 is 13.3. The zero-order chi connectivity index (χ0) is 29.6. The number of allylic oxidation sites excluding steroid dienone is 1. The van der Waals surface area contributed by atoms with Gasteiger partial charge in [0.05, 0.1) is 17.6 Å². The third-order valence-electron chi connectivity index (χ3n) is 8.09. The molecule has 1 aliphatic carbocycles. The van der Waals surface area contributed by atoms with Gasteiger partial charge in [-0.25, -0.2) is 4.98 Å².